The standard InChI is InChI=1S/C12H14F2N2O2/c1-12(6-18-5-9(12)15)11(17)16-10-7(13)3-2-4-8(10)14/h2-4,9H,5-6,15H2,1H3,(H,16,17). The van der Waals surface area contributed by atoms with Crippen LogP contribution >= 0.6 is 0 Å². The minimum Gasteiger partial charge on any atom is -0.379 e. The maximum Gasteiger partial charge on any atom is 0.234 e. The van der Waals surface area contributed by atoms with Crippen molar-refractivity contribution in [3.63, 3.8) is 0 Å². The highest BCUT2D eigenvalue weighted by atomic mass is 19.1. The van der Waals surface area contributed by atoms with Crippen molar-refractivity contribution in [2.24, 2.45) is 11.1 Å². The fourth-order valence-electron chi connectivity index (χ4n) is 1.80. The molecule has 4 nitrogen and oxygen atoms in total. The second kappa shape index (κ2) is 4.62. The lowest BCUT2D eigenvalue weighted by atomic mass is 9.85. The summed E-state index contributed by atoms with van der Waals surface area (Å²) in [5, 5.41) is 2.24. The number of hydrogen-bond donors (Lipinski definition) is 2. The van der Waals surface area contributed by atoms with E-state index in [9.17, 15) is 13.6 Å². The Balaban J connectivity index is 2.22. The second-order valence-electron chi connectivity index (χ2n) is 4.59. The second-order valence-corrected chi connectivity index (χ2v) is 4.59. The van der Waals surface area contributed by atoms with Gasteiger partial charge in [-0.1, -0.05) is 6.07 Å². The van der Waals surface area contributed by atoms with Crippen LogP contribution in [0.4, 0.5) is 14.5 Å². The summed E-state index contributed by atoms with van der Waals surface area (Å²) in [6.07, 6.45) is 0. The van der Waals surface area contributed by atoms with Crippen LogP contribution in [0, 0.1) is 17.0 Å². The summed E-state index contributed by atoms with van der Waals surface area (Å²) >= 11 is 0. The van der Waals surface area contributed by atoms with Crippen molar-refractivity contribution in [1.82, 2.24) is 0 Å². The topological polar surface area (TPSA) is 64.3 Å². The number of para-hydroxylation sites is 1. The van der Waals surface area contributed by atoms with Crippen LogP contribution in [0.15, 0.2) is 18.2 Å². The summed E-state index contributed by atoms with van der Waals surface area (Å²) in [6, 6.07) is 2.89. The van der Waals surface area contributed by atoms with Gasteiger partial charge in [0.05, 0.1) is 18.6 Å². The highest BCUT2D eigenvalue weighted by Crippen LogP contribution is 2.29. The molecule has 1 aromatic rings. The molecule has 0 aromatic heterocycles. The molecule has 0 bridgehead atoms. The van der Waals surface area contributed by atoms with E-state index in [1.54, 1.807) is 6.92 Å². The number of carbonyl (C=O) groups excluding carboxylic acids is 1. The molecule has 2 unspecified atom stereocenters. The van der Waals surface area contributed by atoms with E-state index >= 15 is 0 Å². The molecule has 0 aliphatic carbocycles. The molecule has 0 spiro atoms. The number of anilines is 1. The molecule has 18 heavy (non-hydrogen) atoms. The molecule has 1 amide bonds. The smallest absolute Gasteiger partial charge is 0.234 e. The van der Waals surface area contributed by atoms with E-state index in [-0.39, 0.29) is 13.2 Å². The van der Waals surface area contributed by atoms with Crippen molar-refractivity contribution in [2.75, 3.05) is 18.5 Å². The maximum atomic E-state index is 13.4. The molecular formula is C12H14F2N2O2. The summed E-state index contributed by atoms with van der Waals surface area (Å²) in [4.78, 5) is 12.0. The molecule has 2 atom stereocenters. The van der Waals surface area contributed by atoms with E-state index in [2.05, 4.69) is 5.32 Å². The minimum absolute atomic E-state index is 0.135. The molecule has 3 N–H and O–H groups in total. The van der Waals surface area contributed by atoms with Crippen LogP contribution in [0.2, 0.25) is 0 Å². The molecule has 6 heteroatoms. The Kier molecular flexibility index (Phi) is 3.32. The van der Waals surface area contributed by atoms with Crippen LogP contribution in [-0.2, 0) is 9.53 Å². The Morgan fingerprint density at radius 1 is 1.50 bits per heavy atom. The van der Waals surface area contributed by atoms with E-state index in [1.165, 1.54) is 6.07 Å². The quantitative estimate of drug-likeness (QED) is 0.837. The average Bonchev–Trinajstić information content (AvgIpc) is 2.66. The third-order valence-electron chi connectivity index (χ3n) is 3.24. The van der Waals surface area contributed by atoms with E-state index in [4.69, 9.17) is 10.5 Å². The van der Waals surface area contributed by atoms with Crippen molar-refractivity contribution in [3.8, 4) is 0 Å². The Labute approximate surface area is 103 Å². The van der Waals surface area contributed by atoms with E-state index in [1.807, 2.05) is 0 Å². The van der Waals surface area contributed by atoms with Gasteiger partial charge in [-0.15, -0.1) is 0 Å². The van der Waals surface area contributed by atoms with Crippen LogP contribution in [0.25, 0.3) is 0 Å². The van der Waals surface area contributed by atoms with Crippen molar-refractivity contribution in [2.45, 2.75) is 13.0 Å². The largest absolute Gasteiger partial charge is 0.379 e. The predicted molar refractivity (Wildman–Crippen MR) is 61.9 cm³/mol. The van der Waals surface area contributed by atoms with Gasteiger partial charge in [-0.25, -0.2) is 8.78 Å². The third-order valence-corrected chi connectivity index (χ3v) is 3.24. The average molecular weight is 256 g/mol. The molecule has 1 heterocycles. The first-order chi connectivity index (χ1) is 8.45. The lowest BCUT2D eigenvalue weighted by molar-refractivity contribution is -0.125. The van der Waals surface area contributed by atoms with Gasteiger partial charge in [0.25, 0.3) is 0 Å². The van der Waals surface area contributed by atoms with Gasteiger partial charge in [0.1, 0.15) is 17.3 Å². The summed E-state index contributed by atoms with van der Waals surface area (Å²) in [6.45, 7) is 2.00. The number of nitrogens with two attached hydrogens (primary N) is 1. The number of carbonyl (C=O) groups is 1. The Bertz CT molecular complexity index is 461. The zero-order valence-corrected chi connectivity index (χ0v) is 9.87. The van der Waals surface area contributed by atoms with E-state index in [0.717, 1.165) is 12.1 Å². The van der Waals surface area contributed by atoms with Gasteiger partial charge >= 0.3 is 0 Å². The highest BCUT2D eigenvalue weighted by molar-refractivity contribution is 5.96. The third kappa shape index (κ3) is 2.09. The number of hydrogen-bond acceptors (Lipinski definition) is 3. The number of rotatable bonds is 2. The van der Waals surface area contributed by atoms with Gasteiger partial charge in [0.2, 0.25) is 5.91 Å². The fourth-order valence-corrected chi connectivity index (χ4v) is 1.80. The van der Waals surface area contributed by atoms with Crippen LogP contribution in [0.5, 0.6) is 0 Å². The van der Waals surface area contributed by atoms with Crippen molar-refractivity contribution in [1.29, 1.82) is 0 Å². The Morgan fingerprint density at radius 3 is 2.61 bits per heavy atom. The fraction of sp³-hybridized carbons (Fsp3) is 0.417. The Morgan fingerprint density at radius 2 is 2.11 bits per heavy atom. The summed E-state index contributed by atoms with van der Waals surface area (Å²) in [7, 11) is 0. The van der Waals surface area contributed by atoms with Gasteiger partial charge < -0.3 is 15.8 Å². The van der Waals surface area contributed by atoms with E-state index < -0.39 is 34.7 Å². The number of halogens is 2. The van der Waals surface area contributed by atoms with Crippen molar-refractivity contribution < 1.29 is 18.3 Å². The molecule has 1 aliphatic heterocycles. The number of benzene rings is 1. The molecule has 1 aliphatic rings. The number of nitrogens with one attached hydrogen (secondary N) is 1. The van der Waals surface area contributed by atoms with Gasteiger partial charge in [-0.3, -0.25) is 4.79 Å². The SMILES string of the molecule is CC1(C(=O)Nc2c(F)cccc2F)COCC1N. The first-order valence-corrected chi connectivity index (χ1v) is 5.54. The van der Waals surface area contributed by atoms with E-state index in [0.29, 0.717) is 0 Å². The zero-order chi connectivity index (χ0) is 13.3. The predicted octanol–water partition coefficient (Wildman–Crippen LogP) is 1.27. The van der Waals surface area contributed by atoms with Crippen molar-refractivity contribution in [3.05, 3.63) is 29.8 Å². The zero-order valence-electron chi connectivity index (χ0n) is 9.87. The molecule has 2 rings (SSSR count). The van der Waals surface area contributed by atoms with Gasteiger partial charge in [0, 0.05) is 6.04 Å². The minimum atomic E-state index is -0.977. The van der Waals surface area contributed by atoms with Crippen LogP contribution in [0.1, 0.15) is 6.92 Å². The number of ether oxygens (including phenoxy) is 1. The molecule has 1 fully saturated rings. The summed E-state index contributed by atoms with van der Waals surface area (Å²) < 4.78 is 31.9. The number of amides is 1. The first-order valence-electron chi connectivity index (χ1n) is 5.54. The monoisotopic (exact) mass is 256 g/mol. The van der Waals surface area contributed by atoms with Crippen LogP contribution in [0.3, 0.4) is 0 Å². The Hall–Kier alpha value is -1.53. The molecule has 0 saturated carbocycles. The molecule has 1 aromatic carbocycles. The lowest BCUT2D eigenvalue weighted by Gasteiger charge is -2.25. The maximum absolute atomic E-state index is 13.4. The van der Waals surface area contributed by atoms with Gasteiger partial charge in [0.15, 0.2) is 0 Å². The van der Waals surface area contributed by atoms with Crippen LogP contribution < -0.4 is 11.1 Å². The lowest BCUT2D eigenvalue weighted by Crippen LogP contribution is -2.47. The summed E-state index contributed by atoms with van der Waals surface area (Å²) in [5.74, 6) is -2.18. The molecular weight excluding hydrogens is 242 g/mol. The normalized spacial score (nSPS) is 27.2. The first kappa shape index (κ1) is 12.9. The summed E-state index contributed by atoms with van der Waals surface area (Å²) in [5.41, 5.74) is 4.34. The molecule has 1 saturated heterocycles. The van der Waals surface area contributed by atoms with Gasteiger partial charge in [-0.05, 0) is 19.1 Å². The highest BCUT2D eigenvalue weighted by Gasteiger charge is 2.44. The van der Waals surface area contributed by atoms with Crippen LogP contribution in [-0.4, -0.2) is 25.2 Å². The molecule has 98 valence electrons. The van der Waals surface area contributed by atoms with Gasteiger partial charge in [-0.2, -0.15) is 0 Å². The van der Waals surface area contributed by atoms with Crippen molar-refractivity contribution >= 4 is 11.6 Å². The molecule has 0 radical (unpaired) electrons.